The molecule has 0 aliphatic heterocycles. The van der Waals surface area contributed by atoms with Gasteiger partial charge in [0.05, 0.1) is 24.2 Å². The van der Waals surface area contributed by atoms with Crippen LogP contribution in [0.15, 0.2) is 0 Å². The van der Waals surface area contributed by atoms with Crippen LogP contribution in [0.1, 0.15) is 51.9 Å². The Labute approximate surface area is 127 Å². The highest BCUT2D eigenvalue weighted by Gasteiger charge is 2.36. The first kappa shape index (κ1) is 16.7. The number of aliphatic hydroxyl groups is 2. The van der Waals surface area contributed by atoms with Gasteiger partial charge in [0.1, 0.15) is 0 Å². The highest BCUT2D eigenvalue weighted by molar-refractivity contribution is 5.72. The fourth-order valence-corrected chi connectivity index (χ4v) is 3.57. The number of carbonyl (C=O) groups excluding carboxylic acids is 1. The van der Waals surface area contributed by atoms with E-state index in [4.69, 9.17) is 4.74 Å². The zero-order valence-electron chi connectivity index (χ0n) is 13.0. The second kappa shape index (κ2) is 7.56. The SMILES string of the molecule is CCOC(=O)C1CCC(O)(CNCC2CCCC2O)CC1. The maximum absolute atomic E-state index is 11.7. The molecule has 5 nitrogen and oxygen atoms in total. The average molecular weight is 299 g/mol. The maximum atomic E-state index is 11.7. The zero-order valence-corrected chi connectivity index (χ0v) is 13.0. The molecule has 0 heterocycles. The summed E-state index contributed by atoms with van der Waals surface area (Å²) in [6.07, 6.45) is 5.54. The van der Waals surface area contributed by atoms with Gasteiger partial charge >= 0.3 is 5.97 Å². The number of esters is 1. The fourth-order valence-electron chi connectivity index (χ4n) is 3.57. The van der Waals surface area contributed by atoms with Crippen LogP contribution >= 0.6 is 0 Å². The molecule has 0 aromatic rings. The molecule has 2 saturated carbocycles. The number of hydrogen-bond acceptors (Lipinski definition) is 5. The molecule has 122 valence electrons. The summed E-state index contributed by atoms with van der Waals surface area (Å²) in [7, 11) is 0. The molecule has 0 aromatic heterocycles. The summed E-state index contributed by atoms with van der Waals surface area (Å²) in [5.41, 5.74) is -0.716. The molecular formula is C16H29NO4. The number of carbonyl (C=O) groups is 1. The van der Waals surface area contributed by atoms with Crippen molar-refractivity contribution in [3.8, 4) is 0 Å². The molecule has 0 saturated heterocycles. The van der Waals surface area contributed by atoms with E-state index >= 15 is 0 Å². The van der Waals surface area contributed by atoms with Crippen LogP contribution in [0.3, 0.4) is 0 Å². The number of hydrogen-bond donors (Lipinski definition) is 3. The van der Waals surface area contributed by atoms with E-state index < -0.39 is 5.60 Å². The summed E-state index contributed by atoms with van der Waals surface area (Å²) >= 11 is 0. The molecule has 2 fully saturated rings. The van der Waals surface area contributed by atoms with Gasteiger partial charge in [0.15, 0.2) is 0 Å². The predicted molar refractivity (Wildman–Crippen MR) is 79.8 cm³/mol. The van der Waals surface area contributed by atoms with Gasteiger partial charge in [0.25, 0.3) is 0 Å². The first-order valence-electron chi connectivity index (χ1n) is 8.32. The monoisotopic (exact) mass is 299 g/mol. The standard InChI is InChI=1S/C16H29NO4/c1-2-21-15(19)12-6-8-16(20,9-7-12)11-17-10-13-4-3-5-14(13)18/h12-14,17-18,20H,2-11H2,1H3. The smallest absolute Gasteiger partial charge is 0.308 e. The topological polar surface area (TPSA) is 78.8 Å². The summed E-state index contributed by atoms with van der Waals surface area (Å²) < 4.78 is 5.05. The van der Waals surface area contributed by atoms with E-state index in [0.29, 0.717) is 44.8 Å². The largest absolute Gasteiger partial charge is 0.466 e. The molecule has 0 amide bonds. The molecule has 0 bridgehead atoms. The van der Waals surface area contributed by atoms with Crippen molar-refractivity contribution >= 4 is 5.97 Å². The van der Waals surface area contributed by atoms with Crippen LogP contribution in [-0.2, 0) is 9.53 Å². The first-order chi connectivity index (χ1) is 10.0. The van der Waals surface area contributed by atoms with Gasteiger partial charge < -0.3 is 20.3 Å². The second-order valence-electron chi connectivity index (χ2n) is 6.64. The van der Waals surface area contributed by atoms with E-state index in [2.05, 4.69) is 5.32 Å². The molecule has 5 heteroatoms. The van der Waals surface area contributed by atoms with Crippen LogP contribution in [0.25, 0.3) is 0 Å². The summed E-state index contributed by atoms with van der Waals surface area (Å²) in [6, 6.07) is 0. The minimum atomic E-state index is -0.716. The van der Waals surface area contributed by atoms with Crippen molar-refractivity contribution in [1.82, 2.24) is 5.32 Å². The zero-order chi connectivity index (χ0) is 15.3. The Morgan fingerprint density at radius 2 is 2.00 bits per heavy atom. The summed E-state index contributed by atoms with van der Waals surface area (Å²) in [5, 5.41) is 23.7. The molecule has 21 heavy (non-hydrogen) atoms. The number of rotatable bonds is 6. The van der Waals surface area contributed by atoms with Gasteiger partial charge in [-0.15, -0.1) is 0 Å². The van der Waals surface area contributed by atoms with Crippen LogP contribution in [0.4, 0.5) is 0 Å². The summed E-state index contributed by atoms with van der Waals surface area (Å²) in [6.45, 7) is 3.56. The molecule has 2 rings (SSSR count). The van der Waals surface area contributed by atoms with Crippen molar-refractivity contribution in [3.05, 3.63) is 0 Å². The predicted octanol–water partition coefficient (Wildman–Crippen LogP) is 1.22. The van der Waals surface area contributed by atoms with Crippen LogP contribution in [0.5, 0.6) is 0 Å². The van der Waals surface area contributed by atoms with Crippen LogP contribution in [0, 0.1) is 11.8 Å². The van der Waals surface area contributed by atoms with E-state index in [-0.39, 0.29) is 18.0 Å². The lowest BCUT2D eigenvalue weighted by Gasteiger charge is -2.35. The number of ether oxygens (including phenoxy) is 1. The second-order valence-corrected chi connectivity index (χ2v) is 6.64. The molecule has 2 unspecified atom stereocenters. The highest BCUT2D eigenvalue weighted by atomic mass is 16.5. The van der Waals surface area contributed by atoms with Crippen LogP contribution < -0.4 is 5.32 Å². The van der Waals surface area contributed by atoms with E-state index in [1.807, 2.05) is 6.92 Å². The Hall–Kier alpha value is -0.650. The van der Waals surface area contributed by atoms with Crippen molar-refractivity contribution in [3.63, 3.8) is 0 Å². The molecular weight excluding hydrogens is 270 g/mol. The lowest BCUT2D eigenvalue weighted by atomic mass is 9.78. The average Bonchev–Trinajstić information content (AvgIpc) is 2.85. The van der Waals surface area contributed by atoms with Crippen molar-refractivity contribution in [2.45, 2.75) is 63.6 Å². The van der Waals surface area contributed by atoms with Gasteiger partial charge in [-0.05, 0) is 51.4 Å². The van der Waals surface area contributed by atoms with Gasteiger partial charge in [0, 0.05) is 13.1 Å². The number of nitrogens with one attached hydrogen (secondary N) is 1. The highest BCUT2D eigenvalue weighted by Crippen LogP contribution is 2.32. The molecule has 2 atom stereocenters. The van der Waals surface area contributed by atoms with Gasteiger partial charge in [-0.25, -0.2) is 0 Å². The quantitative estimate of drug-likeness (QED) is 0.643. The minimum absolute atomic E-state index is 0.0538. The summed E-state index contributed by atoms with van der Waals surface area (Å²) in [5.74, 6) is 0.146. The molecule has 0 aromatic carbocycles. The van der Waals surface area contributed by atoms with Gasteiger partial charge in [-0.3, -0.25) is 4.79 Å². The van der Waals surface area contributed by atoms with E-state index in [9.17, 15) is 15.0 Å². The van der Waals surface area contributed by atoms with Crippen molar-refractivity contribution < 1.29 is 19.7 Å². The van der Waals surface area contributed by atoms with Crippen molar-refractivity contribution in [2.75, 3.05) is 19.7 Å². The lowest BCUT2D eigenvalue weighted by molar-refractivity contribution is -0.151. The fraction of sp³-hybridized carbons (Fsp3) is 0.938. The Morgan fingerprint density at radius 1 is 1.29 bits per heavy atom. The van der Waals surface area contributed by atoms with E-state index in [0.717, 1.165) is 25.8 Å². The molecule has 2 aliphatic rings. The van der Waals surface area contributed by atoms with Crippen LogP contribution in [-0.4, -0.2) is 47.6 Å². The third-order valence-corrected chi connectivity index (χ3v) is 5.02. The third kappa shape index (κ3) is 4.66. The van der Waals surface area contributed by atoms with Gasteiger partial charge in [-0.1, -0.05) is 6.42 Å². The van der Waals surface area contributed by atoms with Crippen molar-refractivity contribution in [1.29, 1.82) is 0 Å². The normalized spacial score (nSPS) is 36.6. The van der Waals surface area contributed by atoms with Crippen LogP contribution in [0.2, 0.25) is 0 Å². The maximum Gasteiger partial charge on any atom is 0.308 e. The minimum Gasteiger partial charge on any atom is -0.466 e. The Morgan fingerprint density at radius 3 is 2.57 bits per heavy atom. The van der Waals surface area contributed by atoms with Crippen molar-refractivity contribution in [2.24, 2.45) is 11.8 Å². The third-order valence-electron chi connectivity index (χ3n) is 5.02. The van der Waals surface area contributed by atoms with Gasteiger partial charge in [-0.2, -0.15) is 0 Å². The lowest BCUT2D eigenvalue weighted by Crippen LogP contribution is -2.46. The van der Waals surface area contributed by atoms with E-state index in [1.54, 1.807) is 0 Å². The Kier molecular flexibility index (Phi) is 6.02. The number of aliphatic hydroxyl groups excluding tert-OH is 1. The Balaban J connectivity index is 1.68. The van der Waals surface area contributed by atoms with E-state index in [1.165, 1.54) is 0 Å². The molecule has 0 radical (unpaired) electrons. The molecule has 3 N–H and O–H groups in total. The Bertz CT molecular complexity index is 339. The first-order valence-corrected chi connectivity index (χ1v) is 8.32. The summed E-state index contributed by atoms with van der Waals surface area (Å²) in [4.78, 5) is 11.7. The van der Waals surface area contributed by atoms with Gasteiger partial charge in [0.2, 0.25) is 0 Å². The molecule has 0 spiro atoms. The molecule has 2 aliphatic carbocycles.